The van der Waals surface area contributed by atoms with E-state index in [1.165, 1.54) is 18.2 Å². The number of unbranched alkanes of at least 4 members (excludes halogenated alkanes) is 1. The number of benzene rings is 1. The predicted molar refractivity (Wildman–Crippen MR) is 59.9 cm³/mol. The molecule has 0 aromatic heterocycles. The molecule has 0 bridgehead atoms. The van der Waals surface area contributed by atoms with Gasteiger partial charge in [0.15, 0.2) is 0 Å². The van der Waals surface area contributed by atoms with Crippen LogP contribution in [-0.4, -0.2) is 17.6 Å². The van der Waals surface area contributed by atoms with Crippen LogP contribution in [0.25, 0.3) is 0 Å². The van der Waals surface area contributed by atoms with E-state index in [2.05, 4.69) is 11.2 Å². The van der Waals surface area contributed by atoms with E-state index < -0.39 is 11.8 Å². The predicted octanol–water partition coefficient (Wildman–Crippen LogP) is 2.35. The molecule has 0 spiro atoms. The summed E-state index contributed by atoms with van der Waals surface area (Å²) in [5, 5.41) is 11.6. The molecule has 4 heteroatoms. The maximum absolute atomic E-state index is 13.2. The van der Waals surface area contributed by atoms with E-state index >= 15 is 0 Å². The second-order valence-corrected chi connectivity index (χ2v) is 3.23. The van der Waals surface area contributed by atoms with Gasteiger partial charge in [-0.1, -0.05) is 0 Å². The fourth-order valence-corrected chi connectivity index (χ4v) is 1.22. The van der Waals surface area contributed by atoms with Crippen LogP contribution in [-0.2, 0) is 0 Å². The smallest absolute Gasteiger partial charge is 0.338 e. The van der Waals surface area contributed by atoms with Crippen LogP contribution in [0.2, 0.25) is 0 Å². The van der Waals surface area contributed by atoms with Crippen LogP contribution in [0.4, 0.5) is 10.1 Å². The molecule has 0 atom stereocenters. The average Bonchev–Trinajstić information content (AvgIpc) is 2.24. The van der Waals surface area contributed by atoms with E-state index in [0.717, 1.165) is 6.42 Å². The molecule has 0 heterocycles. The van der Waals surface area contributed by atoms with Crippen LogP contribution >= 0.6 is 0 Å². The van der Waals surface area contributed by atoms with Crippen molar-refractivity contribution >= 4 is 11.7 Å². The summed E-state index contributed by atoms with van der Waals surface area (Å²) in [7, 11) is 0. The molecule has 0 saturated carbocycles. The maximum atomic E-state index is 13.2. The summed E-state index contributed by atoms with van der Waals surface area (Å²) in [6.07, 6.45) is 6.53. The zero-order chi connectivity index (χ0) is 12.0. The van der Waals surface area contributed by atoms with Crippen molar-refractivity contribution in [2.45, 2.75) is 12.8 Å². The first-order valence-electron chi connectivity index (χ1n) is 4.85. The van der Waals surface area contributed by atoms with E-state index in [-0.39, 0.29) is 5.56 Å². The summed E-state index contributed by atoms with van der Waals surface area (Å²) < 4.78 is 13.2. The Hall–Kier alpha value is -2.02. The van der Waals surface area contributed by atoms with Crippen molar-refractivity contribution in [3.63, 3.8) is 0 Å². The highest BCUT2D eigenvalue weighted by atomic mass is 19.1. The van der Waals surface area contributed by atoms with Crippen molar-refractivity contribution < 1.29 is 14.3 Å². The van der Waals surface area contributed by atoms with Crippen LogP contribution in [0.3, 0.4) is 0 Å². The summed E-state index contributed by atoms with van der Waals surface area (Å²) in [4.78, 5) is 10.5. The molecule has 16 heavy (non-hydrogen) atoms. The third-order valence-corrected chi connectivity index (χ3v) is 2.03. The molecule has 0 saturated heterocycles. The van der Waals surface area contributed by atoms with Gasteiger partial charge in [0, 0.05) is 18.7 Å². The largest absolute Gasteiger partial charge is 0.478 e. The zero-order valence-corrected chi connectivity index (χ0v) is 8.66. The topological polar surface area (TPSA) is 49.3 Å². The molecule has 0 aliphatic carbocycles. The molecule has 3 nitrogen and oxygen atoms in total. The summed E-state index contributed by atoms with van der Waals surface area (Å²) in [5.74, 6) is 0.489. The maximum Gasteiger partial charge on any atom is 0.338 e. The average molecular weight is 221 g/mol. The first-order chi connectivity index (χ1) is 7.65. The number of hydrogen-bond donors (Lipinski definition) is 2. The van der Waals surface area contributed by atoms with Crippen molar-refractivity contribution in [1.82, 2.24) is 0 Å². The number of rotatable bonds is 5. The summed E-state index contributed by atoms with van der Waals surface area (Å²) in [5.41, 5.74) is 0.230. The number of carboxylic acid groups (broad SMARTS) is 1. The molecule has 84 valence electrons. The molecule has 1 aromatic carbocycles. The van der Waals surface area contributed by atoms with E-state index in [4.69, 9.17) is 11.5 Å². The number of halogens is 1. The highest BCUT2D eigenvalue weighted by molar-refractivity contribution is 5.88. The molecule has 1 rings (SSSR count). The highest BCUT2D eigenvalue weighted by Gasteiger charge is 2.09. The first-order valence-corrected chi connectivity index (χ1v) is 4.85. The van der Waals surface area contributed by atoms with Gasteiger partial charge in [0.25, 0.3) is 0 Å². The molecule has 1 aromatic rings. The summed E-state index contributed by atoms with van der Waals surface area (Å²) in [6, 6.07) is 3.93. The third kappa shape index (κ3) is 3.28. The number of carbonyl (C=O) groups is 1. The van der Waals surface area contributed by atoms with Crippen molar-refractivity contribution in [2.75, 3.05) is 11.9 Å². The van der Waals surface area contributed by atoms with Crippen LogP contribution in [0.15, 0.2) is 18.2 Å². The van der Waals surface area contributed by atoms with Crippen molar-refractivity contribution in [1.29, 1.82) is 0 Å². The van der Waals surface area contributed by atoms with Crippen molar-refractivity contribution in [3.8, 4) is 12.3 Å². The Morgan fingerprint density at radius 1 is 1.56 bits per heavy atom. The Kier molecular flexibility index (Phi) is 4.34. The van der Waals surface area contributed by atoms with Crippen molar-refractivity contribution in [3.05, 3.63) is 29.6 Å². The zero-order valence-electron chi connectivity index (χ0n) is 8.66. The van der Waals surface area contributed by atoms with Gasteiger partial charge < -0.3 is 10.4 Å². The van der Waals surface area contributed by atoms with Gasteiger partial charge in [-0.05, 0) is 24.6 Å². The third-order valence-electron chi connectivity index (χ3n) is 2.03. The standard InChI is InChI=1S/C12H12FNO2/c1-2-3-4-7-14-9-5-6-10(12(15)16)11(13)8-9/h1,5-6,8,14H,3-4,7H2,(H,15,16). The molecule has 0 aliphatic rings. The lowest BCUT2D eigenvalue weighted by atomic mass is 10.2. The number of carboxylic acids is 1. The summed E-state index contributed by atoms with van der Waals surface area (Å²) in [6.45, 7) is 0.635. The number of aromatic carboxylic acids is 1. The van der Waals surface area contributed by atoms with Gasteiger partial charge in [-0.2, -0.15) is 0 Å². The number of terminal acetylenes is 1. The molecule has 0 amide bonds. The van der Waals surface area contributed by atoms with E-state index in [9.17, 15) is 9.18 Å². The highest BCUT2D eigenvalue weighted by Crippen LogP contribution is 2.14. The number of hydrogen-bond acceptors (Lipinski definition) is 2. The Bertz CT molecular complexity index is 424. The monoisotopic (exact) mass is 221 g/mol. The van der Waals surface area contributed by atoms with Crippen LogP contribution in [0, 0.1) is 18.2 Å². The lowest BCUT2D eigenvalue weighted by Crippen LogP contribution is -2.04. The van der Waals surface area contributed by atoms with Gasteiger partial charge in [-0.3, -0.25) is 0 Å². The van der Waals surface area contributed by atoms with Crippen LogP contribution in [0.5, 0.6) is 0 Å². The minimum atomic E-state index is -1.27. The Morgan fingerprint density at radius 3 is 2.88 bits per heavy atom. The minimum absolute atomic E-state index is 0.325. The van der Waals surface area contributed by atoms with Crippen LogP contribution < -0.4 is 5.32 Å². The summed E-state index contributed by atoms with van der Waals surface area (Å²) >= 11 is 0. The Balaban J connectivity index is 2.60. The quantitative estimate of drug-likeness (QED) is 0.592. The normalized spacial score (nSPS) is 9.50. The molecule has 0 radical (unpaired) electrons. The van der Waals surface area contributed by atoms with Gasteiger partial charge in [-0.25, -0.2) is 9.18 Å². The molecular weight excluding hydrogens is 209 g/mol. The van der Waals surface area contributed by atoms with Gasteiger partial charge in [0.1, 0.15) is 5.82 Å². The molecule has 0 fully saturated rings. The fourth-order valence-electron chi connectivity index (χ4n) is 1.22. The lowest BCUT2D eigenvalue weighted by Gasteiger charge is -2.06. The van der Waals surface area contributed by atoms with Gasteiger partial charge in [-0.15, -0.1) is 12.3 Å². The SMILES string of the molecule is C#CCCCNc1ccc(C(=O)O)c(F)c1. The van der Waals surface area contributed by atoms with Gasteiger partial charge in [0.05, 0.1) is 5.56 Å². The Morgan fingerprint density at radius 2 is 2.31 bits per heavy atom. The molecule has 2 N–H and O–H groups in total. The number of nitrogens with one attached hydrogen (secondary N) is 1. The lowest BCUT2D eigenvalue weighted by molar-refractivity contribution is 0.0692. The molecular formula is C12H12FNO2. The van der Waals surface area contributed by atoms with Crippen LogP contribution in [0.1, 0.15) is 23.2 Å². The number of anilines is 1. The van der Waals surface area contributed by atoms with E-state index in [1.807, 2.05) is 0 Å². The minimum Gasteiger partial charge on any atom is -0.478 e. The second-order valence-electron chi connectivity index (χ2n) is 3.23. The Labute approximate surface area is 93.3 Å². The fraction of sp³-hybridized carbons (Fsp3) is 0.250. The molecule has 0 aliphatic heterocycles. The second kappa shape index (κ2) is 5.76. The van der Waals surface area contributed by atoms with Crippen molar-refractivity contribution in [2.24, 2.45) is 0 Å². The van der Waals surface area contributed by atoms with E-state index in [0.29, 0.717) is 18.7 Å². The van der Waals surface area contributed by atoms with E-state index in [1.54, 1.807) is 0 Å². The molecule has 0 unspecified atom stereocenters. The van der Waals surface area contributed by atoms with Gasteiger partial charge >= 0.3 is 5.97 Å². The first kappa shape index (κ1) is 12.1. The van der Waals surface area contributed by atoms with Gasteiger partial charge in [0.2, 0.25) is 0 Å².